The molecule has 0 aromatic heterocycles. The predicted molar refractivity (Wildman–Crippen MR) is 86.1 cm³/mol. The van der Waals surface area contributed by atoms with Crippen LogP contribution in [0.15, 0.2) is 48.8 Å². The van der Waals surface area contributed by atoms with Crippen LogP contribution in [0.25, 0.3) is 5.57 Å². The Hall–Kier alpha value is -2.16. The average Bonchev–Trinajstić information content (AvgIpc) is 3.25. The van der Waals surface area contributed by atoms with Crippen molar-refractivity contribution in [3.63, 3.8) is 0 Å². The first-order valence-electron chi connectivity index (χ1n) is 7.10. The van der Waals surface area contributed by atoms with Crippen LogP contribution < -0.4 is 11.1 Å². The third-order valence-corrected chi connectivity index (χ3v) is 3.93. The fraction of sp³-hybridized carbons (Fsp3) is 0.294. The molecule has 0 saturated heterocycles. The summed E-state index contributed by atoms with van der Waals surface area (Å²) in [6.07, 6.45) is 9.13. The van der Waals surface area contributed by atoms with Crippen LogP contribution in [-0.4, -0.2) is 18.5 Å². The maximum Gasteiger partial charge on any atom is 0.0571 e. The quantitative estimate of drug-likeness (QED) is 0.821. The minimum absolute atomic E-state index is 0.769. The number of anilines is 2. The lowest BCUT2D eigenvalue weighted by atomic mass is 10.0. The Bertz CT molecular complexity index is 594. The van der Waals surface area contributed by atoms with E-state index in [2.05, 4.69) is 41.2 Å². The Morgan fingerprint density at radius 2 is 2.20 bits per heavy atom. The molecule has 2 aliphatic rings. The molecule has 1 fully saturated rings. The Morgan fingerprint density at radius 1 is 1.40 bits per heavy atom. The van der Waals surface area contributed by atoms with Crippen LogP contribution in [0.4, 0.5) is 11.4 Å². The lowest BCUT2D eigenvalue weighted by Crippen LogP contribution is -2.19. The summed E-state index contributed by atoms with van der Waals surface area (Å²) < 4.78 is 0. The molecular weight excluding hydrogens is 246 g/mol. The molecule has 1 aliphatic carbocycles. The Balaban J connectivity index is 1.79. The molecule has 1 aliphatic heterocycles. The Labute approximate surface area is 120 Å². The summed E-state index contributed by atoms with van der Waals surface area (Å²) in [6, 6.07) is 6.10. The largest absolute Gasteiger partial charge is 0.397 e. The van der Waals surface area contributed by atoms with Gasteiger partial charge in [0.1, 0.15) is 0 Å². The minimum Gasteiger partial charge on any atom is -0.397 e. The maximum absolute atomic E-state index is 6.03. The monoisotopic (exact) mass is 267 g/mol. The molecule has 0 amide bonds. The molecular formula is C17H21N3. The fourth-order valence-electron chi connectivity index (χ4n) is 2.48. The van der Waals surface area contributed by atoms with Crippen molar-refractivity contribution in [3.8, 4) is 0 Å². The topological polar surface area (TPSA) is 41.3 Å². The minimum atomic E-state index is 0.769. The van der Waals surface area contributed by atoms with E-state index in [1.165, 1.54) is 12.8 Å². The molecule has 0 unspecified atom stereocenters. The molecule has 0 radical (unpaired) electrons. The van der Waals surface area contributed by atoms with Crippen LogP contribution in [0.3, 0.4) is 0 Å². The van der Waals surface area contributed by atoms with Gasteiger partial charge < -0.3 is 16.0 Å². The molecule has 3 rings (SSSR count). The summed E-state index contributed by atoms with van der Waals surface area (Å²) in [5.41, 5.74) is 11.1. The third-order valence-electron chi connectivity index (χ3n) is 3.93. The zero-order valence-corrected chi connectivity index (χ0v) is 11.9. The van der Waals surface area contributed by atoms with E-state index >= 15 is 0 Å². The van der Waals surface area contributed by atoms with Crippen molar-refractivity contribution in [3.05, 3.63) is 54.4 Å². The second kappa shape index (κ2) is 5.08. The van der Waals surface area contributed by atoms with Crippen LogP contribution in [-0.2, 0) is 0 Å². The van der Waals surface area contributed by atoms with Gasteiger partial charge in [0.25, 0.3) is 0 Å². The summed E-state index contributed by atoms with van der Waals surface area (Å²) in [5.74, 6) is 0.858. The second-order valence-electron chi connectivity index (χ2n) is 5.55. The number of hydrogen-bond donors (Lipinski definition) is 2. The molecule has 0 bridgehead atoms. The normalized spacial score (nSPS) is 18.1. The highest BCUT2D eigenvalue weighted by Crippen LogP contribution is 2.33. The SMILES string of the molecule is C=C1C=C(c2ccc(NC)c(N)c2)C=CN1CC1CC1. The van der Waals surface area contributed by atoms with Crippen LogP contribution in [0.2, 0.25) is 0 Å². The zero-order chi connectivity index (χ0) is 14.1. The van der Waals surface area contributed by atoms with Crippen molar-refractivity contribution < 1.29 is 0 Å². The number of nitrogens with one attached hydrogen (secondary N) is 1. The number of hydrogen-bond acceptors (Lipinski definition) is 3. The molecule has 3 heteroatoms. The standard InChI is InChI=1S/C17H21N3/c1-12-9-15(7-8-20(12)11-13-3-4-13)14-5-6-17(19-2)16(18)10-14/h5-10,13,19H,1,3-4,11,18H2,2H3. The Kier molecular flexibility index (Phi) is 3.26. The molecule has 1 aromatic rings. The van der Waals surface area contributed by atoms with Gasteiger partial charge in [0.05, 0.1) is 11.4 Å². The third kappa shape index (κ3) is 2.57. The fourth-order valence-corrected chi connectivity index (χ4v) is 2.48. The van der Waals surface area contributed by atoms with Crippen LogP contribution in [0, 0.1) is 5.92 Å². The van der Waals surface area contributed by atoms with E-state index in [0.717, 1.165) is 40.7 Å². The second-order valence-corrected chi connectivity index (χ2v) is 5.55. The van der Waals surface area contributed by atoms with E-state index in [4.69, 9.17) is 5.73 Å². The van der Waals surface area contributed by atoms with Crippen molar-refractivity contribution in [2.75, 3.05) is 24.6 Å². The highest BCUT2D eigenvalue weighted by atomic mass is 15.1. The summed E-state index contributed by atoms with van der Waals surface area (Å²) >= 11 is 0. The van der Waals surface area contributed by atoms with E-state index in [9.17, 15) is 0 Å². The van der Waals surface area contributed by atoms with Gasteiger partial charge in [-0.25, -0.2) is 0 Å². The molecule has 1 heterocycles. The van der Waals surface area contributed by atoms with Crippen LogP contribution in [0.5, 0.6) is 0 Å². The van der Waals surface area contributed by atoms with Crippen molar-refractivity contribution in [1.82, 2.24) is 4.90 Å². The number of benzene rings is 1. The highest BCUT2D eigenvalue weighted by molar-refractivity contribution is 5.81. The first kappa shape index (κ1) is 12.9. The smallest absolute Gasteiger partial charge is 0.0571 e. The van der Waals surface area contributed by atoms with Gasteiger partial charge in [-0.1, -0.05) is 12.6 Å². The lowest BCUT2D eigenvalue weighted by molar-refractivity contribution is 0.451. The number of rotatable bonds is 4. The number of nitrogen functional groups attached to an aromatic ring is 1. The number of allylic oxidation sites excluding steroid dienone is 3. The summed E-state index contributed by atoms with van der Waals surface area (Å²) in [7, 11) is 1.88. The lowest BCUT2D eigenvalue weighted by Gasteiger charge is -2.25. The average molecular weight is 267 g/mol. The van der Waals surface area contributed by atoms with Crippen molar-refractivity contribution >= 4 is 16.9 Å². The van der Waals surface area contributed by atoms with Gasteiger partial charge in [0, 0.05) is 25.5 Å². The molecule has 20 heavy (non-hydrogen) atoms. The van der Waals surface area contributed by atoms with E-state index in [1.807, 2.05) is 19.2 Å². The van der Waals surface area contributed by atoms with Crippen LogP contribution in [0.1, 0.15) is 18.4 Å². The van der Waals surface area contributed by atoms with Crippen LogP contribution >= 0.6 is 0 Å². The zero-order valence-electron chi connectivity index (χ0n) is 11.9. The van der Waals surface area contributed by atoms with Crippen molar-refractivity contribution in [1.29, 1.82) is 0 Å². The molecule has 3 N–H and O–H groups in total. The number of nitrogens with zero attached hydrogens (tertiary/aromatic N) is 1. The number of nitrogens with two attached hydrogens (primary N) is 1. The van der Waals surface area contributed by atoms with Gasteiger partial charge in [-0.3, -0.25) is 0 Å². The van der Waals surface area contributed by atoms with E-state index in [1.54, 1.807) is 0 Å². The maximum atomic E-state index is 6.03. The van der Waals surface area contributed by atoms with Crippen molar-refractivity contribution in [2.45, 2.75) is 12.8 Å². The molecule has 1 saturated carbocycles. The predicted octanol–water partition coefficient (Wildman–Crippen LogP) is 3.45. The first-order valence-corrected chi connectivity index (χ1v) is 7.10. The van der Waals surface area contributed by atoms with Gasteiger partial charge >= 0.3 is 0 Å². The first-order chi connectivity index (χ1) is 9.67. The molecule has 0 atom stereocenters. The van der Waals surface area contributed by atoms with Gasteiger partial charge in [0.2, 0.25) is 0 Å². The van der Waals surface area contributed by atoms with E-state index in [-0.39, 0.29) is 0 Å². The van der Waals surface area contributed by atoms with Gasteiger partial charge in [-0.2, -0.15) is 0 Å². The summed E-state index contributed by atoms with van der Waals surface area (Å²) in [5, 5.41) is 3.08. The van der Waals surface area contributed by atoms with Crippen molar-refractivity contribution in [2.24, 2.45) is 5.92 Å². The highest BCUT2D eigenvalue weighted by Gasteiger charge is 2.24. The van der Waals surface area contributed by atoms with Gasteiger partial charge in [-0.15, -0.1) is 0 Å². The van der Waals surface area contributed by atoms with E-state index < -0.39 is 0 Å². The Morgan fingerprint density at radius 3 is 2.80 bits per heavy atom. The summed E-state index contributed by atoms with van der Waals surface area (Å²) in [4.78, 5) is 2.24. The molecule has 1 aromatic carbocycles. The molecule has 0 spiro atoms. The van der Waals surface area contributed by atoms with E-state index in [0.29, 0.717) is 0 Å². The molecule has 104 valence electrons. The van der Waals surface area contributed by atoms with Gasteiger partial charge in [-0.05, 0) is 54.2 Å². The molecule has 3 nitrogen and oxygen atoms in total. The summed E-state index contributed by atoms with van der Waals surface area (Å²) in [6.45, 7) is 5.26. The van der Waals surface area contributed by atoms with Gasteiger partial charge in [0.15, 0.2) is 0 Å².